The highest BCUT2D eigenvalue weighted by Gasteiger charge is 2.35. The molecular weight excluding hydrogens is 510 g/mol. The predicted molar refractivity (Wildman–Crippen MR) is 157 cm³/mol. The van der Waals surface area contributed by atoms with E-state index >= 15 is 0 Å². The van der Waals surface area contributed by atoms with Crippen molar-refractivity contribution in [1.82, 2.24) is 4.98 Å². The smallest absolute Gasteiger partial charge is 0.267 e. The summed E-state index contributed by atoms with van der Waals surface area (Å²) in [5.41, 5.74) is 5.81. The molecule has 3 aromatic carbocycles. The Hall–Kier alpha value is -4.50. The monoisotopic (exact) mass is 535 g/mol. The van der Waals surface area contributed by atoms with Gasteiger partial charge in [0.15, 0.2) is 0 Å². The van der Waals surface area contributed by atoms with Gasteiger partial charge in [0.1, 0.15) is 16.3 Å². The number of nitrogens with one attached hydrogen (secondary N) is 2. The molecule has 0 spiro atoms. The number of thiophene rings is 1. The molecule has 39 heavy (non-hydrogen) atoms. The van der Waals surface area contributed by atoms with Gasteiger partial charge >= 0.3 is 0 Å². The van der Waals surface area contributed by atoms with E-state index in [4.69, 9.17) is 0 Å². The van der Waals surface area contributed by atoms with Crippen molar-refractivity contribution >= 4 is 56.6 Å². The van der Waals surface area contributed by atoms with Gasteiger partial charge in [-0.25, -0.2) is 0 Å². The Kier molecular flexibility index (Phi) is 5.66. The van der Waals surface area contributed by atoms with Gasteiger partial charge in [0.05, 0.1) is 11.2 Å². The topological polar surface area (TPSA) is 94.6 Å². The van der Waals surface area contributed by atoms with Crippen LogP contribution in [0.2, 0.25) is 0 Å². The summed E-state index contributed by atoms with van der Waals surface area (Å²) < 4.78 is 0. The second-order valence-electron chi connectivity index (χ2n) is 9.90. The average Bonchev–Trinajstić information content (AvgIpc) is 3.57. The van der Waals surface area contributed by atoms with Crippen molar-refractivity contribution in [3.63, 3.8) is 0 Å². The standard InChI is InChI=1S/C30H25N5O3S/c36-27-25(34-12-3-13-34)26(28(27)37)35-14-9-18-16-20(6-7-24(18)35)33-30(38)29-23(10-15-39-29)32-17-19-8-11-31-22-5-2-1-4-21(19)22/h1-2,4-8,10-11,15-16,32H,3,9,12-14,17H2,(H,33,38). The number of aromatic nitrogens is 1. The SMILES string of the molecule is O=C(Nc1ccc2c(c1)CCN2c1c(N2CCC2)c(=O)c1=O)c1sccc1NCc1ccnc2ccccc12. The Morgan fingerprint density at radius 2 is 1.82 bits per heavy atom. The number of carbonyl (C=O) groups excluding carboxylic acids is 1. The maximum Gasteiger partial charge on any atom is 0.267 e. The van der Waals surface area contributed by atoms with Crippen LogP contribution in [0, 0.1) is 0 Å². The summed E-state index contributed by atoms with van der Waals surface area (Å²) in [4.78, 5) is 46.9. The molecule has 5 aromatic rings. The molecule has 1 amide bonds. The fourth-order valence-corrected chi connectivity index (χ4v) is 6.24. The molecule has 0 unspecified atom stereocenters. The number of benzene rings is 2. The number of amides is 1. The number of carbonyl (C=O) groups is 1. The highest BCUT2D eigenvalue weighted by Crippen LogP contribution is 2.39. The van der Waals surface area contributed by atoms with Gasteiger partial charge in [-0.15, -0.1) is 11.3 Å². The zero-order chi connectivity index (χ0) is 26.5. The van der Waals surface area contributed by atoms with E-state index in [0.717, 1.165) is 59.3 Å². The zero-order valence-electron chi connectivity index (χ0n) is 21.1. The molecular formula is C30H25N5O3S. The maximum atomic E-state index is 13.2. The van der Waals surface area contributed by atoms with Crippen LogP contribution in [-0.2, 0) is 13.0 Å². The number of hydrogen-bond acceptors (Lipinski definition) is 8. The molecule has 0 aliphatic carbocycles. The van der Waals surface area contributed by atoms with E-state index in [1.807, 2.05) is 63.7 Å². The minimum Gasteiger partial charge on any atom is -0.380 e. The molecule has 7 rings (SSSR count). The molecule has 2 aliphatic rings. The summed E-state index contributed by atoms with van der Waals surface area (Å²) in [6, 6.07) is 17.7. The van der Waals surface area contributed by atoms with Gasteiger partial charge in [0.2, 0.25) is 0 Å². The molecule has 9 heteroatoms. The van der Waals surface area contributed by atoms with Crippen LogP contribution in [0.25, 0.3) is 10.9 Å². The average molecular weight is 536 g/mol. The van der Waals surface area contributed by atoms with Crippen molar-refractivity contribution in [2.45, 2.75) is 19.4 Å². The van der Waals surface area contributed by atoms with Crippen LogP contribution in [0.15, 0.2) is 75.8 Å². The van der Waals surface area contributed by atoms with E-state index < -0.39 is 5.43 Å². The summed E-state index contributed by atoms with van der Waals surface area (Å²) in [7, 11) is 0. The van der Waals surface area contributed by atoms with Crippen molar-refractivity contribution in [3.8, 4) is 0 Å². The second-order valence-corrected chi connectivity index (χ2v) is 10.8. The van der Waals surface area contributed by atoms with Crippen molar-refractivity contribution < 1.29 is 4.79 Å². The molecule has 1 fully saturated rings. The molecule has 2 aliphatic heterocycles. The lowest BCUT2D eigenvalue weighted by atomic mass is 10.1. The van der Waals surface area contributed by atoms with Gasteiger partial charge < -0.3 is 20.4 Å². The van der Waals surface area contributed by atoms with Crippen molar-refractivity contribution in [2.24, 2.45) is 0 Å². The number of rotatable bonds is 7. The molecule has 2 N–H and O–H groups in total. The molecule has 0 atom stereocenters. The first-order chi connectivity index (χ1) is 19.1. The number of hydrogen-bond donors (Lipinski definition) is 2. The largest absolute Gasteiger partial charge is 0.380 e. The van der Waals surface area contributed by atoms with E-state index in [-0.39, 0.29) is 11.3 Å². The van der Waals surface area contributed by atoms with Gasteiger partial charge in [-0.3, -0.25) is 19.4 Å². The summed E-state index contributed by atoms with van der Waals surface area (Å²) in [5, 5.41) is 9.45. The number of nitrogens with zero attached hydrogens (tertiary/aromatic N) is 3. The number of pyridine rings is 1. The van der Waals surface area contributed by atoms with Gasteiger partial charge in [-0.05, 0) is 65.7 Å². The van der Waals surface area contributed by atoms with Crippen LogP contribution in [0.1, 0.15) is 27.2 Å². The number of fused-ring (bicyclic) bond motifs is 2. The Morgan fingerprint density at radius 3 is 2.67 bits per heavy atom. The minimum atomic E-state index is -0.403. The van der Waals surface area contributed by atoms with Crippen molar-refractivity contribution in [3.05, 3.63) is 103 Å². The molecule has 0 bridgehead atoms. The third-order valence-corrected chi connectivity index (χ3v) is 8.53. The van der Waals surface area contributed by atoms with Gasteiger partial charge in [-0.1, -0.05) is 18.2 Å². The van der Waals surface area contributed by atoms with E-state index in [1.165, 1.54) is 11.3 Å². The Bertz CT molecular complexity index is 1810. The second kappa shape index (κ2) is 9.36. The molecule has 0 radical (unpaired) electrons. The lowest BCUT2D eigenvalue weighted by Crippen LogP contribution is -2.49. The third kappa shape index (κ3) is 3.97. The van der Waals surface area contributed by atoms with Crippen LogP contribution >= 0.6 is 11.3 Å². The normalized spacial score (nSPS) is 14.5. The van der Waals surface area contributed by atoms with E-state index in [1.54, 1.807) is 6.20 Å². The first kappa shape index (κ1) is 23.6. The highest BCUT2D eigenvalue weighted by molar-refractivity contribution is 7.12. The summed E-state index contributed by atoms with van der Waals surface area (Å²) in [6.45, 7) is 2.86. The fraction of sp³-hybridized carbons (Fsp3) is 0.200. The van der Waals surface area contributed by atoms with E-state index in [9.17, 15) is 14.4 Å². The van der Waals surface area contributed by atoms with Crippen LogP contribution in [0.4, 0.5) is 28.4 Å². The minimum absolute atomic E-state index is 0.176. The maximum absolute atomic E-state index is 13.2. The van der Waals surface area contributed by atoms with Crippen molar-refractivity contribution in [2.75, 3.05) is 40.1 Å². The van der Waals surface area contributed by atoms with E-state index in [0.29, 0.717) is 35.0 Å². The molecule has 8 nitrogen and oxygen atoms in total. The Labute approximate surface area is 228 Å². The quantitative estimate of drug-likeness (QED) is 0.293. The predicted octanol–water partition coefficient (Wildman–Crippen LogP) is 4.66. The molecule has 194 valence electrons. The summed E-state index contributed by atoms with van der Waals surface area (Å²) >= 11 is 1.39. The third-order valence-electron chi connectivity index (χ3n) is 7.62. The fourth-order valence-electron chi connectivity index (χ4n) is 5.47. The molecule has 0 saturated carbocycles. The molecule has 1 saturated heterocycles. The first-order valence-electron chi connectivity index (χ1n) is 13.0. The van der Waals surface area contributed by atoms with Crippen molar-refractivity contribution in [1.29, 1.82) is 0 Å². The number of anilines is 5. The lowest BCUT2D eigenvalue weighted by Gasteiger charge is -2.36. The van der Waals surface area contributed by atoms with E-state index in [2.05, 4.69) is 21.7 Å². The molecule has 4 heterocycles. The van der Waals surface area contributed by atoms with Gasteiger partial charge in [0.25, 0.3) is 16.8 Å². The van der Waals surface area contributed by atoms with Crippen LogP contribution < -0.4 is 31.3 Å². The lowest BCUT2D eigenvalue weighted by molar-refractivity contribution is 0.103. The Balaban J connectivity index is 1.07. The summed E-state index contributed by atoms with van der Waals surface area (Å²) in [6.07, 6.45) is 3.58. The van der Waals surface area contributed by atoms with Crippen LogP contribution in [0.3, 0.4) is 0 Å². The Morgan fingerprint density at radius 1 is 0.974 bits per heavy atom. The molecule has 2 aromatic heterocycles. The van der Waals surface area contributed by atoms with Crippen LogP contribution in [-0.4, -0.2) is 30.5 Å². The van der Waals surface area contributed by atoms with Gasteiger partial charge in [0, 0.05) is 49.1 Å². The first-order valence-corrected chi connectivity index (χ1v) is 13.9. The summed E-state index contributed by atoms with van der Waals surface area (Å²) in [5.74, 6) is -0.176. The van der Waals surface area contributed by atoms with Crippen LogP contribution in [0.5, 0.6) is 0 Å². The number of para-hydroxylation sites is 1. The zero-order valence-corrected chi connectivity index (χ0v) is 21.9. The highest BCUT2D eigenvalue weighted by atomic mass is 32.1. The van der Waals surface area contributed by atoms with Gasteiger partial charge in [-0.2, -0.15) is 0 Å².